The monoisotopic (exact) mass is 774 g/mol. The highest BCUT2D eigenvalue weighted by molar-refractivity contribution is 7.90. The lowest BCUT2D eigenvalue weighted by molar-refractivity contribution is -0.164. The Balaban J connectivity index is 1.38. The van der Waals surface area contributed by atoms with Gasteiger partial charge in [0, 0.05) is 43.1 Å². The number of nitrogens with zero attached hydrogens (tertiary/aromatic N) is 4. The molecule has 0 aliphatic heterocycles. The van der Waals surface area contributed by atoms with Crippen LogP contribution in [0.25, 0.3) is 16.8 Å². The number of sulfone groups is 1. The maximum absolute atomic E-state index is 13.8. The summed E-state index contributed by atoms with van der Waals surface area (Å²) in [6.45, 7) is 4.58. The van der Waals surface area contributed by atoms with E-state index in [0.29, 0.717) is 22.5 Å². The molecule has 55 heavy (non-hydrogen) atoms. The zero-order valence-electron chi connectivity index (χ0n) is 30.6. The van der Waals surface area contributed by atoms with Gasteiger partial charge in [0.2, 0.25) is 18.1 Å². The number of ether oxygens (including phenoxy) is 3. The first-order valence-corrected chi connectivity index (χ1v) is 18.8. The van der Waals surface area contributed by atoms with Gasteiger partial charge in [0.15, 0.2) is 15.5 Å². The summed E-state index contributed by atoms with van der Waals surface area (Å²) >= 11 is 0. The molecule has 0 saturated carbocycles. The standard InChI is InChI=1S/C38H39FN6O9S/c1-23(2)18-34(46)40-21-36(48)53-24(3)54-38(49)45(31-16-15-30(55(5,50)51)20-32(31)52-4)37-42-33-17-10-27(22-44(33)43-37)26-8-13-29(14-9-26)41-35(47)19-25-6-11-28(39)12-7-25/h6-17,20,22-24H,18-19,21H2,1-5H3,(H,40,46)(H,41,47). The van der Waals surface area contributed by atoms with Gasteiger partial charge in [-0.05, 0) is 65.6 Å². The maximum atomic E-state index is 13.8. The second kappa shape index (κ2) is 17.2. The SMILES string of the molecule is COc1cc(S(C)(=O)=O)ccc1N(C(=O)OC(C)OC(=O)CNC(=O)CC(C)C)c1nc2ccc(-c3ccc(NC(=O)Cc4ccc(F)cc4)cc3)cn2n1. The fraction of sp³-hybridized carbons (Fsp3) is 0.263. The fourth-order valence-electron chi connectivity index (χ4n) is 5.30. The average Bonchev–Trinajstić information content (AvgIpc) is 3.54. The average molecular weight is 775 g/mol. The van der Waals surface area contributed by atoms with E-state index in [1.54, 1.807) is 54.7 Å². The van der Waals surface area contributed by atoms with Crippen molar-refractivity contribution in [2.75, 3.05) is 30.1 Å². The summed E-state index contributed by atoms with van der Waals surface area (Å²) in [5, 5.41) is 9.78. The molecule has 5 rings (SSSR count). The number of fused-ring (bicyclic) bond motifs is 1. The molecule has 2 aromatic heterocycles. The van der Waals surface area contributed by atoms with Gasteiger partial charge in [-0.1, -0.05) is 38.1 Å². The number of amides is 3. The van der Waals surface area contributed by atoms with Crippen LogP contribution >= 0.6 is 0 Å². The summed E-state index contributed by atoms with van der Waals surface area (Å²) < 4.78 is 55.3. The Hall–Kier alpha value is -6.36. The molecule has 0 aliphatic carbocycles. The third-order valence-electron chi connectivity index (χ3n) is 7.89. The Bertz CT molecular complexity index is 2310. The summed E-state index contributed by atoms with van der Waals surface area (Å²) in [4.78, 5) is 56.0. The van der Waals surface area contributed by atoms with E-state index >= 15 is 0 Å². The first-order valence-electron chi connectivity index (χ1n) is 17.0. The molecular weight excluding hydrogens is 736 g/mol. The molecule has 0 radical (unpaired) electrons. The van der Waals surface area contributed by atoms with E-state index in [2.05, 4.69) is 20.7 Å². The summed E-state index contributed by atoms with van der Waals surface area (Å²) in [6.07, 6.45) is 0.462. The van der Waals surface area contributed by atoms with Crippen LogP contribution in [0.2, 0.25) is 0 Å². The van der Waals surface area contributed by atoms with E-state index in [9.17, 15) is 32.0 Å². The summed E-state index contributed by atoms with van der Waals surface area (Å²) in [7, 11) is -2.37. The quantitative estimate of drug-likeness (QED) is 0.108. The van der Waals surface area contributed by atoms with Gasteiger partial charge in [-0.15, -0.1) is 5.10 Å². The number of benzene rings is 3. The number of carbonyl (C=O) groups excluding carboxylic acids is 4. The molecular formula is C38H39FN6O9S. The molecule has 17 heteroatoms. The summed E-state index contributed by atoms with van der Waals surface area (Å²) in [6, 6.07) is 20.0. The van der Waals surface area contributed by atoms with E-state index < -0.39 is 34.7 Å². The zero-order valence-corrected chi connectivity index (χ0v) is 31.4. The number of esters is 1. The lowest BCUT2D eigenvalue weighted by Crippen LogP contribution is -2.36. The molecule has 0 fully saturated rings. The van der Waals surface area contributed by atoms with Crippen molar-refractivity contribution >= 4 is 56.7 Å². The number of anilines is 3. The van der Waals surface area contributed by atoms with Gasteiger partial charge in [-0.3, -0.25) is 14.4 Å². The number of hydrogen-bond donors (Lipinski definition) is 2. The number of methoxy groups -OCH3 is 1. The second-order valence-corrected chi connectivity index (χ2v) is 14.8. The van der Waals surface area contributed by atoms with Gasteiger partial charge in [-0.25, -0.2) is 27.0 Å². The Morgan fingerprint density at radius 2 is 1.58 bits per heavy atom. The largest absolute Gasteiger partial charge is 0.495 e. The van der Waals surface area contributed by atoms with E-state index in [1.807, 2.05) is 13.8 Å². The minimum absolute atomic E-state index is 0.0209. The van der Waals surface area contributed by atoms with Crippen molar-refractivity contribution in [1.29, 1.82) is 0 Å². The number of hydrogen-bond acceptors (Lipinski definition) is 11. The highest BCUT2D eigenvalue weighted by atomic mass is 32.2. The van der Waals surface area contributed by atoms with Gasteiger partial charge in [-0.2, -0.15) is 4.98 Å². The number of halogens is 1. The predicted molar refractivity (Wildman–Crippen MR) is 200 cm³/mol. The molecule has 288 valence electrons. The first-order chi connectivity index (χ1) is 26.1. The Morgan fingerprint density at radius 1 is 0.891 bits per heavy atom. The van der Waals surface area contributed by atoms with Crippen LogP contribution in [0.5, 0.6) is 5.75 Å². The molecule has 2 N–H and O–H groups in total. The molecule has 0 bridgehead atoms. The van der Waals surface area contributed by atoms with Gasteiger partial charge < -0.3 is 24.8 Å². The molecule has 3 aromatic carbocycles. The Kier molecular flexibility index (Phi) is 12.5. The van der Waals surface area contributed by atoms with Crippen LogP contribution in [-0.2, 0) is 40.1 Å². The van der Waals surface area contributed by atoms with E-state index in [0.717, 1.165) is 16.7 Å². The third kappa shape index (κ3) is 10.6. The molecule has 0 spiro atoms. The van der Waals surface area contributed by atoms with Crippen LogP contribution in [0.3, 0.4) is 0 Å². The van der Waals surface area contributed by atoms with E-state index in [-0.39, 0.29) is 58.7 Å². The van der Waals surface area contributed by atoms with E-state index in [4.69, 9.17) is 14.2 Å². The van der Waals surface area contributed by atoms with Crippen molar-refractivity contribution in [3.63, 3.8) is 0 Å². The number of aromatic nitrogens is 3. The third-order valence-corrected chi connectivity index (χ3v) is 9.00. The van der Waals surface area contributed by atoms with Crippen molar-refractivity contribution in [3.05, 3.63) is 96.4 Å². The van der Waals surface area contributed by atoms with Gasteiger partial charge >= 0.3 is 12.1 Å². The van der Waals surface area contributed by atoms with Crippen molar-refractivity contribution in [1.82, 2.24) is 19.9 Å². The Morgan fingerprint density at radius 3 is 2.24 bits per heavy atom. The van der Waals surface area contributed by atoms with Gasteiger partial charge in [0.25, 0.3) is 5.95 Å². The number of carbonyl (C=O) groups is 4. The van der Waals surface area contributed by atoms with Crippen LogP contribution in [0.1, 0.15) is 32.8 Å². The molecule has 1 unspecified atom stereocenters. The number of rotatable bonds is 14. The van der Waals surface area contributed by atoms with Crippen molar-refractivity contribution in [2.45, 2.75) is 44.8 Å². The maximum Gasteiger partial charge on any atom is 0.424 e. The van der Waals surface area contributed by atoms with Crippen LogP contribution in [0.15, 0.2) is 90.0 Å². The molecule has 2 heterocycles. The van der Waals surface area contributed by atoms with Crippen LogP contribution in [0.4, 0.5) is 26.5 Å². The Labute approximate surface area is 316 Å². The topological polar surface area (TPSA) is 188 Å². The smallest absolute Gasteiger partial charge is 0.424 e. The predicted octanol–water partition coefficient (Wildman–Crippen LogP) is 5.45. The normalized spacial score (nSPS) is 11.8. The number of nitrogens with one attached hydrogen (secondary N) is 2. The highest BCUT2D eigenvalue weighted by Gasteiger charge is 2.30. The first kappa shape index (κ1) is 39.8. The molecule has 3 amide bonds. The molecule has 0 saturated heterocycles. The van der Waals surface area contributed by atoms with Crippen LogP contribution in [0, 0.1) is 11.7 Å². The zero-order chi connectivity index (χ0) is 39.9. The highest BCUT2D eigenvalue weighted by Crippen LogP contribution is 2.36. The van der Waals surface area contributed by atoms with Crippen LogP contribution in [-0.4, -0.2) is 73.1 Å². The summed E-state index contributed by atoms with van der Waals surface area (Å²) in [5.74, 6) is -1.97. The van der Waals surface area contributed by atoms with E-state index in [1.165, 1.54) is 48.9 Å². The van der Waals surface area contributed by atoms with Gasteiger partial charge in [0.1, 0.15) is 18.1 Å². The molecule has 5 aromatic rings. The minimum Gasteiger partial charge on any atom is -0.495 e. The lowest BCUT2D eigenvalue weighted by Gasteiger charge is -2.23. The van der Waals surface area contributed by atoms with Crippen molar-refractivity contribution < 1.29 is 46.2 Å². The van der Waals surface area contributed by atoms with Crippen molar-refractivity contribution in [3.8, 4) is 16.9 Å². The number of pyridine rings is 1. The second-order valence-electron chi connectivity index (χ2n) is 12.8. The van der Waals surface area contributed by atoms with Gasteiger partial charge in [0.05, 0.1) is 24.1 Å². The fourth-order valence-corrected chi connectivity index (χ4v) is 5.93. The molecule has 1 atom stereocenters. The van der Waals surface area contributed by atoms with Crippen molar-refractivity contribution in [2.24, 2.45) is 5.92 Å². The summed E-state index contributed by atoms with van der Waals surface area (Å²) in [5.41, 5.74) is 3.04. The molecule has 0 aliphatic rings. The van der Waals surface area contributed by atoms with Crippen LogP contribution < -0.4 is 20.3 Å². The minimum atomic E-state index is -3.66. The lowest BCUT2D eigenvalue weighted by atomic mass is 10.1. The molecule has 15 nitrogen and oxygen atoms in total.